The van der Waals surface area contributed by atoms with Crippen molar-refractivity contribution >= 4 is 23.1 Å². The van der Waals surface area contributed by atoms with E-state index < -0.39 is 0 Å². The van der Waals surface area contributed by atoms with Gasteiger partial charge in [0, 0.05) is 11.4 Å². The first kappa shape index (κ1) is 7.31. The van der Waals surface area contributed by atoms with Crippen molar-refractivity contribution in [3.8, 4) is 0 Å². The molecule has 4 N–H and O–H groups in total. The second kappa shape index (κ2) is 2.86. The minimum absolute atomic E-state index is 0.428. The molecule has 0 spiro atoms. The highest BCUT2D eigenvalue weighted by molar-refractivity contribution is 5.63. The summed E-state index contributed by atoms with van der Waals surface area (Å²) in [4.78, 5) is 13.2. The fourth-order valence-corrected chi connectivity index (χ4v) is 0.776. The van der Waals surface area contributed by atoms with Gasteiger partial charge < -0.3 is 11.5 Å². The monoisotopic (exact) mass is 149 g/mol. The van der Waals surface area contributed by atoms with Crippen LogP contribution in [0.3, 0.4) is 0 Å². The molecule has 4 heteroatoms. The highest BCUT2D eigenvalue weighted by Gasteiger charge is 1.92. The van der Waals surface area contributed by atoms with Crippen LogP contribution in [0.15, 0.2) is 23.2 Å². The van der Waals surface area contributed by atoms with Crippen molar-refractivity contribution in [2.24, 2.45) is 4.99 Å². The number of rotatable bonds is 1. The van der Waals surface area contributed by atoms with E-state index in [1.165, 1.54) is 6.08 Å². The molecule has 1 rings (SSSR count). The predicted molar refractivity (Wildman–Crippen MR) is 43.0 cm³/mol. The molecular weight excluding hydrogens is 142 g/mol. The third kappa shape index (κ3) is 1.81. The van der Waals surface area contributed by atoms with Gasteiger partial charge in [0.2, 0.25) is 6.08 Å². The zero-order valence-corrected chi connectivity index (χ0v) is 5.74. The average Bonchev–Trinajstić information content (AvgIpc) is 1.85. The van der Waals surface area contributed by atoms with E-state index in [2.05, 4.69) is 4.99 Å². The topological polar surface area (TPSA) is 81.5 Å². The number of hydrogen-bond donors (Lipinski definition) is 2. The summed E-state index contributed by atoms with van der Waals surface area (Å²) < 4.78 is 0. The number of anilines is 2. The van der Waals surface area contributed by atoms with Gasteiger partial charge in [0.15, 0.2) is 0 Å². The molecule has 0 saturated heterocycles. The molecule has 4 nitrogen and oxygen atoms in total. The summed E-state index contributed by atoms with van der Waals surface area (Å²) in [6.07, 6.45) is 1.40. The highest BCUT2D eigenvalue weighted by atomic mass is 16.1. The predicted octanol–water partition coefficient (Wildman–Crippen LogP) is 0.818. The maximum Gasteiger partial charge on any atom is 0.240 e. The molecule has 0 unspecified atom stereocenters. The third-order valence-electron chi connectivity index (χ3n) is 1.14. The van der Waals surface area contributed by atoms with Gasteiger partial charge in [-0.25, -0.2) is 4.79 Å². The van der Waals surface area contributed by atoms with Crippen LogP contribution in [-0.4, -0.2) is 6.08 Å². The molecule has 0 aromatic heterocycles. The van der Waals surface area contributed by atoms with E-state index in [-0.39, 0.29) is 0 Å². The van der Waals surface area contributed by atoms with Crippen LogP contribution in [0, 0.1) is 0 Å². The zero-order valence-electron chi connectivity index (χ0n) is 5.74. The number of hydrogen-bond acceptors (Lipinski definition) is 4. The number of nitrogen functional groups attached to an aromatic ring is 2. The average molecular weight is 149 g/mol. The lowest BCUT2D eigenvalue weighted by Gasteiger charge is -1.96. The van der Waals surface area contributed by atoms with Gasteiger partial charge in [-0.15, -0.1) is 0 Å². The standard InChI is InChI=1S/C7H7N3O/c8-5-1-6(9)3-7(2-5)10-4-11/h1-3H,8-9H2. The second-order valence-corrected chi connectivity index (χ2v) is 2.06. The Morgan fingerprint density at radius 3 is 2.18 bits per heavy atom. The molecule has 0 aliphatic heterocycles. The molecule has 11 heavy (non-hydrogen) atoms. The fourth-order valence-electron chi connectivity index (χ4n) is 0.776. The van der Waals surface area contributed by atoms with Gasteiger partial charge >= 0.3 is 0 Å². The molecule has 0 heterocycles. The molecule has 0 atom stereocenters. The van der Waals surface area contributed by atoms with Crippen molar-refractivity contribution in [3.63, 3.8) is 0 Å². The Morgan fingerprint density at radius 2 is 1.73 bits per heavy atom. The zero-order chi connectivity index (χ0) is 8.27. The van der Waals surface area contributed by atoms with Crippen LogP contribution in [-0.2, 0) is 4.79 Å². The van der Waals surface area contributed by atoms with Crippen LogP contribution < -0.4 is 11.5 Å². The summed E-state index contributed by atoms with van der Waals surface area (Å²) in [5, 5.41) is 0. The van der Waals surface area contributed by atoms with Crippen LogP contribution in [0.1, 0.15) is 0 Å². The molecule has 1 aromatic carbocycles. The van der Waals surface area contributed by atoms with Crippen LogP contribution in [0.2, 0.25) is 0 Å². The molecule has 0 aliphatic carbocycles. The lowest BCUT2D eigenvalue weighted by Crippen LogP contribution is -1.88. The SMILES string of the molecule is Nc1cc(N)cc(N=C=O)c1. The summed E-state index contributed by atoms with van der Waals surface area (Å²) >= 11 is 0. The van der Waals surface area contributed by atoms with Crippen molar-refractivity contribution < 1.29 is 4.79 Å². The van der Waals surface area contributed by atoms with E-state index >= 15 is 0 Å². The summed E-state index contributed by atoms with van der Waals surface area (Å²) in [6.45, 7) is 0. The molecule has 0 aliphatic rings. The summed E-state index contributed by atoms with van der Waals surface area (Å²) in [5.74, 6) is 0. The van der Waals surface area contributed by atoms with Gasteiger partial charge in [0.25, 0.3) is 0 Å². The van der Waals surface area contributed by atoms with Gasteiger partial charge in [-0.05, 0) is 18.2 Å². The van der Waals surface area contributed by atoms with Crippen molar-refractivity contribution in [2.75, 3.05) is 11.5 Å². The number of aliphatic imine (C=N–C) groups is 1. The van der Waals surface area contributed by atoms with E-state index in [0.29, 0.717) is 17.1 Å². The number of nitrogens with two attached hydrogens (primary N) is 2. The largest absolute Gasteiger partial charge is 0.399 e. The highest BCUT2D eigenvalue weighted by Crippen LogP contribution is 2.19. The maximum atomic E-state index is 9.82. The maximum absolute atomic E-state index is 9.82. The smallest absolute Gasteiger partial charge is 0.240 e. The molecule has 0 bridgehead atoms. The number of isocyanates is 1. The Bertz CT molecular complexity index is 295. The second-order valence-electron chi connectivity index (χ2n) is 2.06. The Hall–Kier alpha value is -1.80. The van der Waals surface area contributed by atoms with Crippen LogP contribution in [0.4, 0.5) is 17.1 Å². The Kier molecular flexibility index (Phi) is 1.90. The number of benzene rings is 1. The molecular formula is C7H7N3O. The quantitative estimate of drug-likeness (QED) is 0.352. The van der Waals surface area contributed by atoms with E-state index in [1.807, 2.05) is 0 Å². The lowest BCUT2D eigenvalue weighted by molar-refractivity contribution is 0.565. The number of carbonyl (C=O) groups excluding carboxylic acids is 1. The molecule has 0 radical (unpaired) electrons. The summed E-state index contributed by atoms with van der Waals surface area (Å²) in [7, 11) is 0. The van der Waals surface area contributed by atoms with E-state index in [1.54, 1.807) is 18.2 Å². The third-order valence-corrected chi connectivity index (χ3v) is 1.14. The van der Waals surface area contributed by atoms with Crippen LogP contribution >= 0.6 is 0 Å². The minimum Gasteiger partial charge on any atom is -0.399 e. The van der Waals surface area contributed by atoms with Crippen LogP contribution in [0.25, 0.3) is 0 Å². The first-order valence-electron chi connectivity index (χ1n) is 2.96. The fraction of sp³-hybridized carbons (Fsp3) is 0. The van der Waals surface area contributed by atoms with Crippen molar-refractivity contribution in [1.82, 2.24) is 0 Å². The Labute approximate surface area is 63.5 Å². The summed E-state index contributed by atoms with van der Waals surface area (Å²) in [5.41, 5.74) is 12.2. The van der Waals surface area contributed by atoms with Gasteiger partial charge in [0.1, 0.15) is 0 Å². The Balaban J connectivity index is 3.18. The van der Waals surface area contributed by atoms with Gasteiger partial charge in [-0.2, -0.15) is 4.99 Å². The first-order valence-corrected chi connectivity index (χ1v) is 2.96. The van der Waals surface area contributed by atoms with Crippen molar-refractivity contribution in [1.29, 1.82) is 0 Å². The van der Waals surface area contributed by atoms with Gasteiger partial charge in [-0.1, -0.05) is 0 Å². The molecule has 0 fully saturated rings. The van der Waals surface area contributed by atoms with E-state index in [9.17, 15) is 4.79 Å². The molecule has 0 amide bonds. The van der Waals surface area contributed by atoms with Gasteiger partial charge in [0.05, 0.1) is 5.69 Å². The van der Waals surface area contributed by atoms with Crippen molar-refractivity contribution in [2.45, 2.75) is 0 Å². The number of nitrogens with zero attached hydrogens (tertiary/aromatic N) is 1. The lowest BCUT2D eigenvalue weighted by atomic mass is 10.2. The molecule has 1 aromatic rings. The Morgan fingerprint density at radius 1 is 1.18 bits per heavy atom. The van der Waals surface area contributed by atoms with Crippen molar-refractivity contribution in [3.05, 3.63) is 18.2 Å². The minimum atomic E-state index is 0.428. The van der Waals surface area contributed by atoms with E-state index in [4.69, 9.17) is 11.5 Å². The first-order chi connectivity index (χ1) is 5.22. The van der Waals surface area contributed by atoms with E-state index in [0.717, 1.165) is 0 Å². The molecule has 0 saturated carbocycles. The van der Waals surface area contributed by atoms with Gasteiger partial charge in [-0.3, -0.25) is 0 Å². The molecule has 56 valence electrons. The summed E-state index contributed by atoms with van der Waals surface area (Å²) in [6, 6.07) is 4.67. The normalized spacial score (nSPS) is 8.73. The van der Waals surface area contributed by atoms with Crippen LogP contribution in [0.5, 0.6) is 0 Å².